The van der Waals surface area contributed by atoms with Gasteiger partial charge in [0.1, 0.15) is 0 Å². The van der Waals surface area contributed by atoms with Gasteiger partial charge in [-0.1, -0.05) is 12.1 Å². The lowest BCUT2D eigenvalue weighted by Crippen LogP contribution is -2.44. The van der Waals surface area contributed by atoms with Gasteiger partial charge < -0.3 is 4.90 Å². The number of thiophene rings is 1. The number of rotatable bonds is 3. The zero-order valence-electron chi connectivity index (χ0n) is 15.3. The number of hydrogen-bond acceptors (Lipinski definition) is 6. The third-order valence-corrected chi connectivity index (χ3v) is 7.06. The molecule has 12 heteroatoms. The molecule has 0 spiro atoms. The van der Waals surface area contributed by atoms with Crippen LogP contribution >= 0.6 is 11.3 Å². The van der Waals surface area contributed by atoms with E-state index < -0.39 is 27.5 Å². The number of carbonyl (C=O) groups is 1. The van der Waals surface area contributed by atoms with Gasteiger partial charge in [0, 0.05) is 13.1 Å². The summed E-state index contributed by atoms with van der Waals surface area (Å²) in [7, 11) is -3.18. The first kappa shape index (κ1) is 20.5. The monoisotopic (exact) mass is 456 g/mol. The van der Waals surface area contributed by atoms with Crippen molar-refractivity contribution in [2.45, 2.75) is 6.18 Å². The smallest absolute Gasteiger partial charge is 0.334 e. The molecule has 1 aromatic carbocycles. The van der Waals surface area contributed by atoms with Crippen LogP contribution in [-0.4, -0.2) is 58.6 Å². The zero-order valence-corrected chi connectivity index (χ0v) is 17.0. The third kappa shape index (κ3) is 4.10. The molecule has 0 saturated carbocycles. The number of aromatic nitrogens is 3. The van der Waals surface area contributed by atoms with E-state index in [0.29, 0.717) is 4.88 Å². The van der Waals surface area contributed by atoms with Gasteiger partial charge in [-0.3, -0.25) is 4.79 Å². The molecule has 0 radical (unpaired) electrons. The molecule has 1 aliphatic rings. The van der Waals surface area contributed by atoms with Gasteiger partial charge in [-0.25, -0.2) is 18.1 Å². The molecular weight excluding hydrogens is 441 g/mol. The minimum Gasteiger partial charge on any atom is -0.334 e. The standard InChI is InChI=1S/C18H15F3N4O3S2/c19-18(20,21)12-3-1-4-13(11-12)25-16(14-5-2-8-29-14)22-15(23-25)17(26)24-6-9-30(27,28)10-7-24/h1-5,8,11H,6-7,9-10H2. The van der Waals surface area contributed by atoms with Crippen molar-refractivity contribution in [2.24, 2.45) is 0 Å². The van der Waals surface area contributed by atoms with Crippen molar-refractivity contribution >= 4 is 27.1 Å². The van der Waals surface area contributed by atoms with Crippen LogP contribution in [0.15, 0.2) is 41.8 Å². The van der Waals surface area contributed by atoms with Crippen molar-refractivity contribution < 1.29 is 26.4 Å². The summed E-state index contributed by atoms with van der Waals surface area (Å²) in [6, 6.07) is 8.07. The fraction of sp³-hybridized carbons (Fsp3) is 0.278. The number of sulfone groups is 1. The molecule has 1 amide bonds. The highest BCUT2D eigenvalue weighted by Gasteiger charge is 2.32. The van der Waals surface area contributed by atoms with Gasteiger partial charge in [0.25, 0.3) is 5.91 Å². The van der Waals surface area contributed by atoms with Crippen LogP contribution in [0, 0.1) is 0 Å². The predicted molar refractivity (Wildman–Crippen MR) is 104 cm³/mol. The summed E-state index contributed by atoms with van der Waals surface area (Å²) in [5.41, 5.74) is -0.734. The normalized spacial score (nSPS) is 16.6. The Morgan fingerprint density at radius 1 is 1.10 bits per heavy atom. The van der Waals surface area contributed by atoms with E-state index in [1.807, 2.05) is 0 Å². The molecule has 30 heavy (non-hydrogen) atoms. The molecule has 4 rings (SSSR count). The third-order valence-electron chi connectivity index (χ3n) is 4.59. The van der Waals surface area contributed by atoms with E-state index in [1.165, 1.54) is 33.1 Å². The van der Waals surface area contributed by atoms with Crippen LogP contribution < -0.4 is 0 Å². The summed E-state index contributed by atoms with van der Waals surface area (Å²) in [4.78, 5) is 19.1. The Labute approximate surface area is 173 Å². The number of alkyl halides is 3. The second-order valence-corrected chi connectivity index (χ2v) is 9.89. The van der Waals surface area contributed by atoms with Crippen LogP contribution in [0.2, 0.25) is 0 Å². The minimum absolute atomic E-state index is 0.0214. The zero-order chi connectivity index (χ0) is 21.5. The molecule has 0 atom stereocenters. The highest BCUT2D eigenvalue weighted by atomic mass is 32.2. The van der Waals surface area contributed by atoms with Gasteiger partial charge in [0.15, 0.2) is 15.7 Å². The molecule has 7 nitrogen and oxygen atoms in total. The topological polar surface area (TPSA) is 85.2 Å². The quantitative estimate of drug-likeness (QED) is 0.605. The van der Waals surface area contributed by atoms with Crippen LogP contribution in [0.4, 0.5) is 13.2 Å². The lowest BCUT2D eigenvalue weighted by Gasteiger charge is -2.25. The minimum atomic E-state index is -4.53. The van der Waals surface area contributed by atoms with Crippen molar-refractivity contribution in [3.8, 4) is 16.4 Å². The summed E-state index contributed by atoms with van der Waals surface area (Å²) < 4.78 is 63.8. The van der Waals surface area contributed by atoms with Crippen molar-refractivity contribution in [3.05, 3.63) is 53.2 Å². The largest absolute Gasteiger partial charge is 0.416 e. The fourth-order valence-corrected chi connectivity index (χ4v) is 4.92. The number of carbonyl (C=O) groups excluding carboxylic acids is 1. The van der Waals surface area contributed by atoms with Gasteiger partial charge in [-0.2, -0.15) is 13.2 Å². The van der Waals surface area contributed by atoms with E-state index in [0.717, 1.165) is 12.1 Å². The first-order valence-corrected chi connectivity index (χ1v) is 11.5. The lowest BCUT2D eigenvalue weighted by atomic mass is 10.2. The van der Waals surface area contributed by atoms with Gasteiger partial charge in [-0.15, -0.1) is 16.4 Å². The van der Waals surface area contributed by atoms with E-state index in [4.69, 9.17) is 0 Å². The van der Waals surface area contributed by atoms with Crippen molar-refractivity contribution in [3.63, 3.8) is 0 Å². The highest BCUT2D eigenvalue weighted by Crippen LogP contribution is 2.32. The molecule has 0 N–H and O–H groups in total. The fourth-order valence-electron chi connectivity index (χ4n) is 3.02. The summed E-state index contributed by atoms with van der Waals surface area (Å²) >= 11 is 1.31. The molecule has 1 saturated heterocycles. The first-order chi connectivity index (χ1) is 14.1. The maximum Gasteiger partial charge on any atom is 0.416 e. The summed E-state index contributed by atoms with van der Waals surface area (Å²) in [6.45, 7) is 0.0429. The van der Waals surface area contributed by atoms with Crippen molar-refractivity contribution in [2.75, 3.05) is 24.6 Å². The molecular formula is C18H15F3N4O3S2. The number of nitrogens with zero attached hydrogens (tertiary/aromatic N) is 4. The Kier molecular flexibility index (Phi) is 5.14. The second-order valence-electron chi connectivity index (χ2n) is 6.64. The maximum atomic E-state index is 13.1. The number of benzene rings is 1. The van der Waals surface area contributed by atoms with E-state index in [9.17, 15) is 26.4 Å². The van der Waals surface area contributed by atoms with Gasteiger partial charge >= 0.3 is 6.18 Å². The summed E-state index contributed by atoms with van der Waals surface area (Å²) in [5, 5.41) is 5.95. The highest BCUT2D eigenvalue weighted by molar-refractivity contribution is 7.91. The van der Waals surface area contributed by atoms with Gasteiger partial charge in [-0.05, 0) is 29.6 Å². The Bertz CT molecular complexity index is 1170. The SMILES string of the molecule is O=C(c1nc(-c2cccs2)n(-c2cccc(C(F)(F)F)c2)n1)N1CCS(=O)(=O)CC1. The first-order valence-electron chi connectivity index (χ1n) is 8.82. The molecule has 2 aromatic heterocycles. The second kappa shape index (κ2) is 7.51. The summed E-state index contributed by atoms with van der Waals surface area (Å²) in [5.74, 6) is -0.823. The van der Waals surface area contributed by atoms with Gasteiger partial charge in [0.2, 0.25) is 5.82 Å². The summed E-state index contributed by atoms with van der Waals surface area (Å²) in [6.07, 6.45) is -4.53. The van der Waals surface area contributed by atoms with E-state index >= 15 is 0 Å². The van der Waals surface area contributed by atoms with E-state index in [-0.39, 0.29) is 41.9 Å². The average Bonchev–Trinajstić information content (AvgIpc) is 3.36. The van der Waals surface area contributed by atoms with Gasteiger partial charge in [0.05, 0.1) is 27.6 Å². The molecule has 3 aromatic rings. The maximum absolute atomic E-state index is 13.1. The molecule has 1 aliphatic heterocycles. The van der Waals surface area contributed by atoms with Crippen molar-refractivity contribution in [1.82, 2.24) is 19.7 Å². The Morgan fingerprint density at radius 3 is 2.47 bits per heavy atom. The number of amides is 1. The molecule has 0 aliphatic carbocycles. The average molecular weight is 456 g/mol. The Balaban J connectivity index is 1.74. The van der Waals surface area contributed by atoms with Crippen molar-refractivity contribution in [1.29, 1.82) is 0 Å². The molecule has 0 unspecified atom stereocenters. The van der Waals surface area contributed by atoms with Crippen LogP contribution in [0.3, 0.4) is 0 Å². The molecule has 0 bridgehead atoms. The molecule has 158 valence electrons. The Morgan fingerprint density at radius 2 is 1.83 bits per heavy atom. The predicted octanol–water partition coefficient (Wildman–Crippen LogP) is 2.89. The number of halogens is 3. The van der Waals surface area contributed by atoms with E-state index in [2.05, 4.69) is 10.1 Å². The van der Waals surface area contributed by atoms with Crippen LogP contribution in [0.5, 0.6) is 0 Å². The number of hydrogen-bond donors (Lipinski definition) is 0. The molecule has 3 heterocycles. The molecule has 1 fully saturated rings. The lowest BCUT2D eigenvalue weighted by molar-refractivity contribution is -0.137. The van der Waals surface area contributed by atoms with Crippen LogP contribution in [0.1, 0.15) is 16.2 Å². The van der Waals surface area contributed by atoms with Crippen LogP contribution in [0.25, 0.3) is 16.4 Å². The van der Waals surface area contributed by atoms with E-state index in [1.54, 1.807) is 17.5 Å². The van der Waals surface area contributed by atoms with Crippen LogP contribution in [-0.2, 0) is 16.0 Å². The Hall–Kier alpha value is -2.73.